The number of para-hydroxylation sites is 1. The van der Waals surface area contributed by atoms with Gasteiger partial charge in [0, 0.05) is 12.3 Å². The monoisotopic (exact) mass is 501 g/mol. The lowest BCUT2D eigenvalue weighted by atomic mass is 9.64. The van der Waals surface area contributed by atoms with Crippen LogP contribution < -0.4 is 10.6 Å². The molecule has 1 saturated heterocycles. The van der Waals surface area contributed by atoms with Crippen molar-refractivity contribution in [1.82, 2.24) is 9.66 Å². The first kappa shape index (κ1) is 25.5. The molecule has 196 valence electrons. The molecule has 0 N–H and O–H groups in total. The molecule has 6 heteroatoms. The first-order chi connectivity index (χ1) is 17.8. The van der Waals surface area contributed by atoms with Gasteiger partial charge in [0.1, 0.15) is 11.9 Å². The summed E-state index contributed by atoms with van der Waals surface area (Å²) in [6.07, 6.45) is 4.24. The van der Waals surface area contributed by atoms with Crippen LogP contribution in [0.5, 0.6) is 0 Å². The van der Waals surface area contributed by atoms with E-state index in [9.17, 15) is 9.59 Å². The molecule has 1 saturated carbocycles. The van der Waals surface area contributed by atoms with Crippen molar-refractivity contribution in [3.63, 3.8) is 0 Å². The Balaban J connectivity index is 1.43. The SMILES string of the molecule is CCc1nc2ccccc2c(=O)n1N1[C@H](CC)[C@H]1C(=O)O[C@@H]1C[C@H](C)CC[C@H]1C(C)(C)c1ccccc1. The Bertz CT molecular complexity index is 1330. The van der Waals surface area contributed by atoms with Crippen LogP contribution in [0, 0.1) is 11.8 Å². The van der Waals surface area contributed by atoms with Gasteiger partial charge in [-0.25, -0.2) is 14.5 Å². The zero-order chi connectivity index (χ0) is 26.3. The highest BCUT2D eigenvalue weighted by atomic mass is 16.5. The molecule has 3 aromatic rings. The number of esters is 1. The van der Waals surface area contributed by atoms with Crippen molar-refractivity contribution in [3.05, 3.63) is 76.3 Å². The minimum atomic E-state index is -0.464. The van der Waals surface area contributed by atoms with Crippen LogP contribution in [0.1, 0.15) is 71.7 Å². The molecule has 0 amide bonds. The lowest BCUT2D eigenvalue weighted by molar-refractivity contribution is -0.156. The number of hydrogen-bond acceptors (Lipinski definition) is 5. The number of carbonyl (C=O) groups excluding carboxylic acids is 1. The molecule has 2 aliphatic rings. The van der Waals surface area contributed by atoms with Crippen LogP contribution in [0.25, 0.3) is 10.9 Å². The first-order valence-electron chi connectivity index (χ1n) is 13.8. The third kappa shape index (κ3) is 4.55. The second kappa shape index (κ2) is 9.96. The summed E-state index contributed by atoms with van der Waals surface area (Å²) in [4.78, 5) is 32.0. The fourth-order valence-corrected chi connectivity index (χ4v) is 6.44. The van der Waals surface area contributed by atoms with E-state index in [0.717, 1.165) is 25.7 Å². The van der Waals surface area contributed by atoms with E-state index in [1.54, 1.807) is 10.7 Å². The quantitative estimate of drug-likeness (QED) is 0.321. The fourth-order valence-electron chi connectivity index (χ4n) is 6.44. The topological polar surface area (TPSA) is 64.2 Å². The second-order valence-corrected chi connectivity index (χ2v) is 11.4. The summed E-state index contributed by atoms with van der Waals surface area (Å²) in [5, 5.41) is 2.46. The molecule has 1 aliphatic carbocycles. The predicted octanol–water partition coefficient (Wildman–Crippen LogP) is 5.38. The zero-order valence-corrected chi connectivity index (χ0v) is 22.7. The van der Waals surface area contributed by atoms with Crippen molar-refractivity contribution in [2.24, 2.45) is 11.8 Å². The Morgan fingerprint density at radius 3 is 2.46 bits per heavy atom. The van der Waals surface area contributed by atoms with Crippen molar-refractivity contribution in [1.29, 1.82) is 0 Å². The Morgan fingerprint density at radius 2 is 1.76 bits per heavy atom. The minimum absolute atomic E-state index is 0.0694. The van der Waals surface area contributed by atoms with Crippen LogP contribution in [0.15, 0.2) is 59.4 Å². The summed E-state index contributed by atoms with van der Waals surface area (Å²) >= 11 is 0. The maximum atomic E-state index is 13.7. The summed E-state index contributed by atoms with van der Waals surface area (Å²) in [6, 6.07) is 17.4. The second-order valence-electron chi connectivity index (χ2n) is 11.4. The summed E-state index contributed by atoms with van der Waals surface area (Å²) < 4.78 is 8.01. The molecule has 5 rings (SSSR count). The predicted molar refractivity (Wildman–Crippen MR) is 147 cm³/mol. The highest BCUT2D eigenvalue weighted by Gasteiger charge is 2.56. The van der Waals surface area contributed by atoms with Gasteiger partial charge in [0.15, 0.2) is 6.04 Å². The molecule has 37 heavy (non-hydrogen) atoms. The molecule has 1 aromatic heterocycles. The number of nitrogens with zero attached hydrogens (tertiary/aromatic N) is 3. The minimum Gasteiger partial charge on any atom is -0.460 e. The molecular formula is C31H39N3O3. The first-order valence-corrected chi connectivity index (χ1v) is 13.8. The highest BCUT2D eigenvalue weighted by Crippen LogP contribution is 2.44. The molecule has 0 unspecified atom stereocenters. The van der Waals surface area contributed by atoms with E-state index in [1.807, 2.05) is 36.2 Å². The number of aromatic nitrogens is 2. The Morgan fingerprint density at radius 1 is 1.05 bits per heavy atom. The molecule has 0 radical (unpaired) electrons. The van der Waals surface area contributed by atoms with Gasteiger partial charge >= 0.3 is 5.97 Å². The molecule has 1 aliphatic heterocycles. The lowest BCUT2D eigenvalue weighted by Crippen LogP contribution is -2.44. The largest absolute Gasteiger partial charge is 0.460 e. The summed E-state index contributed by atoms with van der Waals surface area (Å²) in [6.45, 7) is 10.8. The molecule has 6 nitrogen and oxygen atoms in total. The van der Waals surface area contributed by atoms with Gasteiger partial charge in [-0.1, -0.05) is 83.5 Å². The van der Waals surface area contributed by atoms with E-state index >= 15 is 0 Å². The molecule has 2 aromatic carbocycles. The average molecular weight is 502 g/mol. The smallest absolute Gasteiger partial charge is 0.332 e. The van der Waals surface area contributed by atoms with Crippen molar-refractivity contribution in [2.75, 3.05) is 5.01 Å². The number of hydrogen-bond donors (Lipinski definition) is 0. The van der Waals surface area contributed by atoms with E-state index in [4.69, 9.17) is 9.72 Å². The number of fused-ring (bicyclic) bond motifs is 1. The molecule has 2 heterocycles. The Labute approximate surface area is 219 Å². The standard InChI is InChI=1S/C31H39N3O3/c1-6-25-28(33(25)34-27(7-2)32-24-16-12-11-15-22(24)29(34)35)30(36)37-26-19-20(3)17-18-23(26)31(4,5)21-13-9-8-10-14-21/h8-16,20,23,25-26,28H,6-7,17-19H2,1-5H3/t20-,23-,25-,26-,28+,33?/m1/s1. The zero-order valence-electron chi connectivity index (χ0n) is 22.7. The molecular weight excluding hydrogens is 462 g/mol. The van der Waals surface area contributed by atoms with Crippen LogP contribution in [-0.2, 0) is 21.4 Å². The number of rotatable bonds is 7. The van der Waals surface area contributed by atoms with Crippen LogP contribution >= 0.6 is 0 Å². The van der Waals surface area contributed by atoms with Gasteiger partial charge in [0.05, 0.1) is 16.9 Å². The van der Waals surface area contributed by atoms with Crippen LogP contribution in [-0.4, -0.2) is 33.8 Å². The lowest BCUT2D eigenvalue weighted by Gasteiger charge is -2.44. The molecule has 5 atom stereocenters. The van der Waals surface area contributed by atoms with E-state index < -0.39 is 6.04 Å². The van der Waals surface area contributed by atoms with Gasteiger partial charge < -0.3 is 4.74 Å². The summed E-state index contributed by atoms with van der Waals surface area (Å²) in [5.41, 5.74) is 1.73. The Kier molecular flexibility index (Phi) is 6.86. The third-order valence-electron chi connectivity index (χ3n) is 8.69. The van der Waals surface area contributed by atoms with Crippen LogP contribution in [0.3, 0.4) is 0 Å². The average Bonchev–Trinajstić information content (AvgIpc) is 3.63. The van der Waals surface area contributed by atoms with Crippen LogP contribution in [0.2, 0.25) is 0 Å². The van der Waals surface area contributed by atoms with Gasteiger partial charge in [-0.2, -0.15) is 0 Å². The molecule has 0 bridgehead atoms. The van der Waals surface area contributed by atoms with E-state index in [2.05, 4.69) is 52.0 Å². The Hall–Kier alpha value is -3.15. The number of ether oxygens (including phenoxy) is 1. The van der Waals surface area contributed by atoms with Gasteiger partial charge in [-0.15, -0.1) is 0 Å². The van der Waals surface area contributed by atoms with E-state index in [-0.39, 0.29) is 35.0 Å². The fraction of sp³-hybridized carbons (Fsp3) is 0.516. The molecule has 2 fully saturated rings. The van der Waals surface area contributed by atoms with Crippen molar-refractivity contribution >= 4 is 16.9 Å². The van der Waals surface area contributed by atoms with Crippen LogP contribution in [0.4, 0.5) is 0 Å². The summed E-state index contributed by atoms with van der Waals surface area (Å²) in [7, 11) is 0. The van der Waals surface area contributed by atoms with E-state index in [1.165, 1.54) is 5.56 Å². The maximum absolute atomic E-state index is 13.7. The number of aryl methyl sites for hydroxylation is 1. The third-order valence-corrected chi connectivity index (χ3v) is 8.69. The van der Waals surface area contributed by atoms with Crippen molar-refractivity contribution in [2.45, 2.75) is 90.3 Å². The van der Waals surface area contributed by atoms with Crippen molar-refractivity contribution in [3.8, 4) is 0 Å². The highest BCUT2D eigenvalue weighted by molar-refractivity contribution is 5.85. The number of carbonyl (C=O) groups is 1. The molecule has 0 spiro atoms. The van der Waals surface area contributed by atoms with Gasteiger partial charge in [0.25, 0.3) is 5.56 Å². The van der Waals surface area contributed by atoms with E-state index in [0.29, 0.717) is 29.1 Å². The van der Waals surface area contributed by atoms with Gasteiger partial charge in [0.2, 0.25) is 0 Å². The normalized spacial score (nSPS) is 25.8. The number of benzene rings is 2. The van der Waals surface area contributed by atoms with Crippen molar-refractivity contribution < 1.29 is 9.53 Å². The van der Waals surface area contributed by atoms with Gasteiger partial charge in [-0.05, 0) is 48.3 Å². The van der Waals surface area contributed by atoms with Gasteiger partial charge in [-0.3, -0.25) is 9.80 Å². The maximum Gasteiger partial charge on any atom is 0.332 e. The summed E-state index contributed by atoms with van der Waals surface area (Å²) in [5.74, 6) is 1.20.